The number of rotatable bonds is 8. The summed E-state index contributed by atoms with van der Waals surface area (Å²) in [5.74, 6) is 0.0187. The largest absolute Gasteiger partial charge is 0.497 e. The average molecular weight is 365 g/mol. The highest BCUT2D eigenvalue weighted by atomic mass is 16.6. The van der Waals surface area contributed by atoms with Crippen LogP contribution in [-0.2, 0) is 14.3 Å². The molecule has 1 aromatic carbocycles. The van der Waals surface area contributed by atoms with Crippen molar-refractivity contribution in [3.8, 4) is 11.5 Å². The highest BCUT2D eigenvalue weighted by molar-refractivity contribution is 5.97. The third-order valence-corrected chi connectivity index (χ3v) is 4.26. The van der Waals surface area contributed by atoms with Gasteiger partial charge in [0, 0.05) is 18.2 Å². The molecule has 7 heteroatoms. The SMILES string of the molecule is COc1cc(OC)cc(C(=O)NC(C(=O)OCC2CCCO2)C(C)C)c1. The van der Waals surface area contributed by atoms with Crippen LogP contribution in [0.1, 0.15) is 37.0 Å². The Bertz CT molecular complexity index is 602. The average Bonchev–Trinajstić information content (AvgIpc) is 3.16. The summed E-state index contributed by atoms with van der Waals surface area (Å²) in [5, 5.41) is 2.75. The Hall–Kier alpha value is -2.28. The molecule has 1 heterocycles. The van der Waals surface area contributed by atoms with E-state index >= 15 is 0 Å². The molecular formula is C19H27NO6. The minimum absolute atomic E-state index is 0.0508. The topological polar surface area (TPSA) is 83.1 Å². The fourth-order valence-electron chi connectivity index (χ4n) is 2.70. The van der Waals surface area contributed by atoms with Crippen molar-refractivity contribution >= 4 is 11.9 Å². The lowest BCUT2D eigenvalue weighted by atomic mass is 10.0. The molecule has 0 bridgehead atoms. The highest BCUT2D eigenvalue weighted by Crippen LogP contribution is 2.22. The van der Waals surface area contributed by atoms with Gasteiger partial charge in [0.05, 0.1) is 20.3 Å². The van der Waals surface area contributed by atoms with Gasteiger partial charge in [-0.3, -0.25) is 4.79 Å². The van der Waals surface area contributed by atoms with Crippen LogP contribution in [0.4, 0.5) is 0 Å². The maximum atomic E-state index is 12.6. The van der Waals surface area contributed by atoms with Gasteiger partial charge in [-0.05, 0) is 30.9 Å². The lowest BCUT2D eigenvalue weighted by Crippen LogP contribution is -2.45. The normalized spacial score (nSPS) is 17.7. The van der Waals surface area contributed by atoms with Gasteiger partial charge < -0.3 is 24.3 Å². The van der Waals surface area contributed by atoms with Crippen LogP contribution in [0.25, 0.3) is 0 Å². The smallest absolute Gasteiger partial charge is 0.329 e. The van der Waals surface area contributed by atoms with Crippen LogP contribution in [0.5, 0.6) is 11.5 Å². The number of benzene rings is 1. The van der Waals surface area contributed by atoms with Gasteiger partial charge in [-0.25, -0.2) is 4.79 Å². The van der Waals surface area contributed by atoms with E-state index in [1.807, 2.05) is 13.8 Å². The number of methoxy groups -OCH3 is 2. The van der Waals surface area contributed by atoms with Crippen LogP contribution >= 0.6 is 0 Å². The van der Waals surface area contributed by atoms with E-state index in [4.69, 9.17) is 18.9 Å². The lowest BCUT2D eigenvalue weighted by Gasteiger charge is -2.22. The molecule has 144 valence electrons. The Kier molecular flexibility index (Phi) is 7.26. The minimum Gasteiger partial charge on any atom is -0.497 e. The van der Waals surface area contributed by atoms with E-state index in [-0.39, 0.29) is 18.6 Å². The molecule has 1 fully saturated rings. The third-order valence-electron chi connectivity index (χ3n) is 4.26. The van der Waals surface area contributed by atoms with Gasteiger partial charge in [-0.1, -0.05) is 13.8 Å². The summed E-state index contributed by atoms with van der Waals surface area (Å²) in [6, 6.07) is 4.10. The zero-order chi connectivity index (χ0) is 19.1. The standard InChI is InChI=1S/C19H27NO6/c1-12(2)17(19(22)26-11-14-6-5-7-25-14)20-18(21)13-8-15(23-3)10-16(9-13)24-4/h8-10,12,14,17H,5-7,11H2,1-4H3,(H,20,21). The van der Waals surface area contributed by atoms with Crippen molar-refractivity contribution in [1.82, 2.24) is 5.32 Å². The Balaban J connectivity index is 2.03. The Morgan fingerprint density at radius 3 is 2.35 bits per heavy atom. The van der Waals surface area contributed by atoms with Crippen molar-refractivity contribution in [2.45, 2.75) is 38.8 Å². The predicted molar refractivity (Wildman–Crippen MR) is 95.6 cm³/mol. The summed E-state index contributed by atoms with van der Waals surface area (Å²) in [7, 11) is 3.02. The molecule has 1 aliphatic heterocycles. The maximum absolute atomic E-state index is 12.6. The molecular weight excluding hydrogens is 338 g/mol. The third kappa shape index (κ3) is 5.36. The van der Waals surface area contributed by atoms with Crippen molar-refractivity contribution < 1.29 is 28.5 Å². The number of carbonyl (C=O) groups excluding carboxylic acids is 2. The van der Waals surface area contributed by atoms with E-state index in [2.05, 4.69) is 5.32 Å². The summed E-state index contributed by atoms with van der Waals surface area (Å²) in [6.07, 6.45) is 1.81. The second-order valence-electron chi connectivity index (χ2n) is 6.56. The fourth-order valence-corrected chi connectivity index (χ4v) is 2.70. The van der Waals surface area contributed by atoms with E-state index in [0.29, 0.717) is 23.7 Å². The van der Waals surface area contributed by atoms with Crippen molar-refractivity contribution in [3.05, 3.63) is 23.8 Å². The van der Waals surface area contributed by atoms with E-state index in [0.717, 1.165) is 12.8 Å². The molecule has 0 radical (unpaired) electrons. The second-order valence-corrected chi connectivity index (χ2v) is 6.56. The molecule has 0 aromatic heterocycles. The lowest BCUT2D eigenvalue weighted by molar-refractivity contribution is -0.150. The van der Waals surface area contributed by atoms with Gasteiger partial charge >= 0.3 is 5.97 Å². The van der Waals surface area contributed by atoms with Crippen LogP contribution in [-0.4, -0.2) is 51.5 Å². The first-order chi connectivity index (χ1) is 12.4. The first-order valence-electron chi connectivity index (χ1n) is 8.76. The van der Waals surface area contributed by atoms with E-state index in [1.165, 1.54) is 14.2 Å². The molecule has 1 N–H and O–H groups in total. The monoisotopic (exact) mass is 365 g/mol. The molecule has 0 spiro atoms. The van der Waals surface area contributed by atoms with Crippen LogP contribution in [0.15, 0.2) is 18.2 Å². The van der Waals surface area contributed by atoms with Crippen LogP contribution in [0, 0.1) is 5.92 Å². The number of amides is 1. The van der Waals surface area contributed by atoms with Gasteiger partial charge in [0.2, 0.25) is 0 Å². The molecule has 1 amide bonds. The van der Waals surface area contributed by atoms with Gasteiger partial charge in [0.1, 0.15) is 24.1 Å². The van der Waals surface area contributed by atoms with E-state index < -0.39 is 17.9 Å². The van der Waals surface area contributed by atoms with Crippen LogP contribution in [0.3, 0.4) is 0 Å². The summed E-state index contributed by atoms with van der Waals surface area (Å²) in [4.78, 5) is 25.0. The van der Waals surface area contributed by atoms with Crippen LogP contribution < -0.4 is 14.8 Å². The van der Waals surface area contributed by atoms with Crippen molar-refractivity contribution in [1.29, 1.82) is 0 Å². The van der Waals surface area contributed by atoms with E-state index in [9.17, 15) is 9.59 Å². The quantitative estimate of drug-likeness (QED) is 0.711. The van der Waals surface area contributed by atoms with Crippen molar-refractivity contribution in [2.75, 3.05) is 27.4 Å². The zero-order valence-corrected chi connectivity index (χ0v) is 15.7. The number of hydrogen-bond donors (Lipinski definition) is 1. The number of nitrogens with one attached hydrogen (secondary N) is 1. The Morgan fingerprint density at radius 2 is 1.85 bits per heavy atom. The van der Waals surface area contributed by atoms with Crippen molar-refractivity contribution in [2.24, 2.45) is 5.92 Å². The first-order valence-corrected chi connectivity index (χ1v) is 8.76. The predicted octanol–water partition coefficient (Wildman–Crippen LogP) is 2.18. The zero-order valence-electron chi connectivity index (χ0n) is 15.7. The maximum Gasteiger partial charge on any atom is 0.329 e. The van der Waals surface area contributed by atoms with E-state index in [1.54, 1.807) is 18.2 Å². The first kappa shape index (κ1) is 20.0. The highest BCUT2D eigenvalue weighted by Gasteiger charge is 2.28. The molecule has 2 unspecified atom stereocenters. The Labute approximate surface area is 153 Å². The molecule has 2 atom stereocenters. The molecule has 1 aliphatic rings. The summed E-state index contributed by atoms with van der Waals surface area (Å²) in [6.45, 7) is 4.62. The molecule has 26 heavy (non-hydrogen) atoms. The molecule has 7 nitrogen and oxygen atoms in total. The van der Waals surface area contributed by atoms with Gasteiger partial charge in [-0.15, -0.1) is 0 Å². The number of ether oxygens (including phenoxy) is 4. The second kappa shape index (κ2) is 9.43. The number of esters is 1. The van der Waals surface area contributed by atoms with Gasteiger partial charge in [0.15, 0.2) is 0 Å². The van der Waals surface area contributed by atoms with Gasteiger partial charge in [-0.2, -0.15) is 0 Å². The van der Waals surface area contributed by atoms with Gasteiger partial charge in [0.25, 0.3) is 5.91 Å². The van der Waals surface area contributed by atoms with Crippen LogP contribution in [0.2, 0.25) is 0 Å². The molecule has 0 saturated carbocycles. The fraction of sp³-hybridized carbons (Fsp3) is 0.579. The summed E-state index contributed by atoms with van der Waals surface area (Å²) in [5.41, 5.74) is 0.346. The number of hydrogen-bond acceptors (Lipinski definition) is 6. The molecule has 0 aliphatic carbocycles. The number of carbonyl (C=O) groups is 2. The summed E-state index contributed by atoms with van der Waals surface area (Å²) >= 11 is 0. The molecule has 1 saturated heterocycles. The molecule has 1 aromatic rings. The van der Waals surface area contributed by atoms with Crippen molar-refractivity contribution in [3.63, 3.8) is 0 Å². The minimum atomic E-state index is -0.749. The Morgan fingerprint density at radius 1 is 1.19 bits per heavy atom. The summed E-state index contributed by atoms with van der Waals surface area (Å²) < 4.78 is 21.2. The molecule has 2 rings (SSSR count).